The Morgan fingerprint density at radius 2 is 1.94 bits per heavy atom. The molecule has 3 aromatic rings. The van der Waals surface area contributed by atoms with Gasteiger partial charge in [-0.2, -0.15) is 0 Å². The lowest BCUT2D eigenvalue weighted by Gasteiger charge is -2.27. The van der Waals surface area contributed by atoms with Crippen molar-refractivity contribution in [2.24, 2.45) is 0 Å². The van der Waals surface area contributed by atoms with E-state index in [4.69, 9.17) is 13.9 Å². The molecular formula is C26H27NO6. The van der Waals surface area contributed by atoms with Gasteiger partial charge in [-0.05, 0) is 50.1 Å². The van der Waals surface area contributed by atoms with Crippen molar-refractivity contribution in [2.45, 2.75) is 32.4 Å². The third kappa shape index (κ3) is 4.50. The van der Waals surface area contributed by atoms with Gasteiger partial charge < -0.3 is 23.9 Å². The lowest BCUT2D eigenvalue weighted by molar-refractivity contribution is -0.129. The summed E-state index contributed by atoms with van der Waals surface area (Å²) in [6.07, 6.45) is 0.518. The van der Waals surface area contributed by atoms with Crippen LogP contribution in [0.3, 0.4) is 0 Å². The van der Waals surface area contributed by atoms with Gasteiger partial charge in [0.1, 0.15) is 11.3 Å². The average Bonchev–Trinajstić information content (AvgIpc) is 3.33. The predicted octanol–water partition coefficient (Wildman–Crippen LogP) is 4.83. The van der Waals surface area contributed by atoms with Gasteiger partial charge >= 0.3 is 0 Å². The lowest BCUT2D eigenvalue weighted by Crippen LogP contribution is -2.32. The monoisotopic (exact) mass is 449 g/mol. The van der Waals surface area contributed by atoms with Gasteiger partial charge in [-0.3, -0.25) is 9.59 Å². The van der Waals surface area contributed by atoms with Gasteiger partial charge in [0.2, 0.25) is 5.78 Å². The maximum atomic E-state index is 13.5. The first-order valence-corrected chi connectivity index (χ1v) is 10.9. The Kier molecular flexibility index (Phi) is 6.51. The van der Waals surface area contributed by atoms with E-state index in [9.17, 15) is 14.7 Å². The summed E-state index contributed by atoms with van der Waals surface area (Å²) in [6, 6.07) is 15.4. The molecule has 0 radical (unpaired) electrons. The number of nitrogens with zero attached hydrogens (tertiary/aromatic N) is 1. The average molecular weight is 450 g/mol. The summed E-state index contributed by atoms with van der Waals surface area (Å²) < 4.78 is 16.7. The maximum absolute atomic E-state index is 13.5. The maximum Gasteiger partial charge on any atom is 0.290 e. The summed E-state index contributed by atoms with van der Waals surface area (Å²) in [5.74, 6) is -0.979. The van der Waals surface area contributed by atoms with Crippen LogP contribution < -0.4 is 4.74 Å². The van der Waals surface area contributed by atoms with Crippen molar-refractivity contribution in [3.63, 3.8) is 0 Å². The second kappa shape index (κ2) is 9.50. The molecule has 0 aliphatic carbocycles. The highest BCUT2D eigenvalue weighted by Gasteiger charge is 2.44. The van der Waals surface area contributed by atoms with Crippen LogP contribution in [0.25, 0.3) is 11.0 Å². The number of hydrogen-bond donors (Lipinski definition) is 1. The molecule has 33 heavy (non-hydrogen) atoms. The minimum Gasteiger partial charge on any atom is -0.503 e. The Morgan fingerprint density at radius 1 is 1.15 bits per heavy atom. The molecule has 1 N–H and O–H groups in total. The predicted molar refractivity (Wildman–Crippen MR) is 123 cm³/mol. The second-order valence-electron chi connectivity index (χ2n) is 8.23. The Hall–Kier alpha value is -3.58. The van der Waals surface area contributed by atoms with E-state index in [1.807, 2.05) is 50.2 Å². The van der Waals surface area contributed by atoms with Gasteiger partial charge in [-0.15, -0.1) is 0 Å². The van der Waals surface area contributed by atoms with Gasteiger partial charge in [0, 0.05) is 25.6 Å². The highest BCUT2D eigenvalue weighted by molar-refractivity contribution is 6.16. The second-order valence-corrected chi connectivity index (χ2v) is 8.23. The first-order chi connectivity index (χ1) is 15.9. The van der Waals surface area contributed by atoms with Gasteiger partial charge in [0.25, 0.3) is 5.91 Å². The molecule has 2 aromatic carbocycles. The molecule has 0 saturated heterocycles. The topological polar surface area (TPSA) is 89.2 Å². The minimum absolute atomic E-state index is 0.00169. The van der Waals surface area contributed by atoms with E-state index in [0.29, 0.717) is 36.5 Å². The van der Waals surface area contributed by atoms with Crippen LogP contribution in [0, 0.1) is 0 Å². The zero-order chi connectivity index (χ0) is 23.5. The van der Waals surface area contributed by atoms with Crippen LogP contribution in [0.4, 0.5) is 0 Å². The minimum atomic E-state index is -0.772. The number of ether oxygens (including phenoxy) is 2. The molecule has 1 atom stereocenters. The van der Waals surface area contributed by atoms with Crippen LogP contribution in [0.2, 0.25) is 0 Å². The van der Waals surface area contributed by atoms with E-state index in [1.54, 1.807) is 25.3 Å². The molecule has 0 bridgehead atoms. The number of furan rings is 1. The zero-order valence-electron chi connectivity index (χ0n) is 18.9. The Morgan fingerprint density at radius 3 is 2.67 bits per heavy atom. The van der Waals surface area contributed by atoms with Crippen LogP contribution in [-0.2, 0) is 9.53 Å². The number of carbonyl (C=O) groups excluding carboxylic acids is 2. The smallest absolute Gasteiger partial charge is 0.290 e. The number of methoxy groups -OCH3 is 1. The summed E-state index contributed by atoms with van der Waals surface area (Å²) in [5, 5.41) is 11.6. The Balaban J connectivity index is 1.77. The normalized spacial score (nSPS) is 16.3. The Bertz CT molecular complexity index is 1180. The van der Waals surface area contributed by atoms with E-state index in [0.717, 1.165) is 5.39 Å². The highest BCUT2D eigenvalue weighted by Crippen LogP contribution is 2.40. The van der Waals surface area contributed by atoms with Crippen LogP contribution in [0.15, 0.2) is 70.3 Å². The first-order valence-electron chi connectivity index (χ1n) is 10.9. The highest BCUT2D eigenvalue weighted by atomic mass is 16.5. The molecule has 1 unspecified atom stereocenters. The molecule has 4 rings (SSSR count). The standard InChI is InChI=1S/C26H27NO6/c1-16(2)32-19-10-6-9-18(14-19)23-22(25(29)26(30)27(23)12-7-13-31-3)24(28)21-15-17-8-4-5-11-20(17)33-21/h4-6,8-11,14-16,23,29H,7,12-13H2,1-3H3. The van der Waals surface area contributed by atoms with Crippen LogP contribution >= 0.6 is 0 Å². The Labute approximate surface area is 192 Å². The number of aliphatic hydroxyl groups excluding tert-OH is 1. The lowest BCUT2D eigenvalue weighted by atomic mass is 9.94. The molecule has 0 fully saturated rings. The van der Waals surface area contributed by atoms with Gasteiger partial charge in [0.15, 0.2) is 11.5 Å². The summed E-state index contributed by atoms with van der Waals surface area (Å²) in [7, 11) is 1.59. The molecule has 2 heterocycles. The van der Waals surface area contributed by atoms with E-state index in [2.05, 4.69) is 0 Å². The van der Waals surface area contributed by atoms with Crippen molar-refractivity contribution in [2.75, 3.05) is 20.3 Å². The van der Waals surface area contributed by atoms with E-state index < -0.39 is 23.5 Å². The van der Waals surface area contributed by atoms with Gasteiger partial charge in [-0.1, -0.05) is 30.3 Å². The summed E-state index contributed by atoms with van der Waals surface area (Å²) in [5.41, 5.74) is 1.23. The molecular weight excluding hydrogens is 422 g/mol. The fourth-order valence-corrected chi connectivity index (χ4v) is 4.10. The first kappa shape index (κ1) is 22.6. The van der Waals surface area contributed by atoms with Gasteiger partial charge in [-0.25, -0.2) is 0 Å². The number of benzene rings is 2. The zero-order valence-corrected chi connectivity index (χ0v) is 18.9. The summed E-state index contributed by atoms with van der Waals surface area (Å²) in [6.45, 7) is 4.60. The third-order valence-electron chi connectivity index (χ3n) is 5.49. The largest absolute Gasteiger partial charge is 0.503 e. The van der Waals surface area contributed by atoms with Crippen molar-refractivity contribution in [1.82, 2.24) is 4.90 Å². The molecule has 0 saturated carbocycles. The molecule has 1 aliphatic rings. The fourth-order valence-electron chi connectivity index (χ4n) is 4.10. The van der Waals surface area contributed by atoms with E-state index in [1.165, 1.54) is 4.90 Å². The number of aliphatic hydroxyl groups is 1. The van der Waals surface area contributed by atoms with Crippen LogP contribution in [-0.4, -0.2) is 48.1 Å². The molecule has 7 heteroatoms. The van der Waals surface area contributed by atoms with E-state index in [-0.39, 0.29) is 17.4 Å². The molecule has 0 spiro atoms. The molecule has 172 valence electrons. The van der Waals surface area contributed by atoms with Crippen molar-refractivity contribution >= 4 is 22.7 Å². The quantitative estimate of drug-likeness (QED) is 0.372. The molecule has 1 aromatic heterocycles. The van der Waals surface area contributed by atoms with E-state index >= 15 is 0 Å². The van der Waals surface area contributed by atoms with Crippen molar-refractivity contribution in [3.8, 4) is 5.75 Å². The number of rotatable bonds is 9. The van der Waals surface area contributed by atoms with Gasteiger partial charge in [0.05, 0.1) is 17.7 Å². The summed E-state index contributed by atoms with van der Waals surface area (Å²) in [4.78, 5) is 28.1. The molecule has 1 aliphatic heterocycles. The third-order valence-corrected chi connectivity index (χ3v) is 5.49. The van der Waals surface area contributed by atoms with Crippen molar-refractivity contribution in [3.05, 3.63) is 77.3 Å². The number of amides is 1. The van der Waals surface area contributed by atoms with Crippen molar-refractivity contribution in [1.29, 1.82) is 0 Å². The number of carbonyl (C=O) groups is 2. The summed E-state index contributed by atoms with van der Waals surface area (Å²) >= 11 is 0. The fraction of sp³-hybridized carbons (Fsp3) is 0.308. The number of para-hydroxylation sites is 1. The molecule has 7 nitrogen and oxygen atoms in total. The number of ketones is 1. The van der Waals surface area contributed by atoms with Crippen LogP contribution in [0.1, 0.15) is 42.4 Å². The number of fused-ring (bicyclic) bond motifs is 1. The molecule has 1 amide bonds. The van der Waals surface area contributed by atoms with Crippen LogP contribution in [0.5, 0.6) is 5.75 Å². The number of Topliss-reactive ketones (excluding diaryl/α,β-unsaturated/α-hetero) is 1. The van der Waals surface area contributed by atoms with Crippen molar-refractivity contribution < 1.29 is 28.6 Å². The SMILES string of the molecule is COCCCN1C(=O)C(O)=C(C(=O)c2cc3ccccc3o2)C1c1cccc(OC(C)C)c1. The number of hydrogen-bond acceptors (Lipinski definition) is 6.